The summed E-state index contributed by atoms with van der Waals surface area (Å²) in [7, 11) is 0. The van der Waals surface area contributed by atoms with E-state index in [1.165, 1.54) is 11.1 Å². The molecule has 1 atom stereocenters. The van der Waals surface area contributed by atoms with Gasteiger partial charge in [-0.1, -0.05) is 30.3 Å². The molecular formula is C20H23N3OS. The first-order valence-electron chi connectivity index (χ1n) is 8.44. The largest absolute Gasteiger partial charge is 0.469 e. The Morgan fingerprint density at radius 2 is 2.04 bits per heavy atom. The highest BCUT2D eigenvalue weighted by Crippen LogP contribution is 2.11. The van der Waals surface area contributed by atoms with Gasteiger partial charge in [-0.2, -0.15) is 11.3 Å². The van der Waals surface area contributed by atoms with Gasteiger partial charge in [0.15, 0.2) is 5.96 Å². The number of benzene rings is 1. The predicted octanol–water partition coefficient (Wildman–Crippen LogP) is 4.38. The van der Waals surface area contributed by atoms with Crippen molar-refractivity contribution < 1.29 is 4.42 Å². The van der Waals surface area contributed by atoms with Gasteiger partial charge in [0, 0.05) is 13.0 Å². The second-order valence-electron chi connectivity index (χ2n) is 5.83. The molecule has 1 unspecified atom stereocenters. The Balaban J connectivity index is 1.61. The number of rotatable bonds is 7. The molecule has 0 aliphatic heterocycles. The summed E-state index contributed by atoms with van der Waals surface area (Å²) in [6.45, 7) is 3.58. The summed E-state index contributed by atoms with van der Waals surface area (Å²) >= 11 is 1.70. The van der Waals surface area contributed by atoms with Crippen LogP contribution in [-0.4, -0.2) is 12.5 Å². The first kappa shape index (κ1) is 17.3. The molecule has 2 aromatic heterocycles. The maximum Gasteiger partial charge on any atom is 0.192 e. The average Bonchev–Trinajstić information content (AvgIpc) is 3.34. The van der Waals surface area contributed by atoms with Crippen LogP contribution in [0.1, 0.15) is 29.9 Å². The Morgan fingerprint density at radius 3 is 2.76 bits per heavy atom. The van der Waals surface area contributed by atoms with E-state index in [4.69, 9.17) is 9.41 Å². The van der Waals surface area contributed by atoms with Crippen LogP contribution in [0.3, 0.4) is 0 Å². The Morgan fingerprint density at radius 1 is 1.16 bits per heavy atom. The van der Waals surface area contributed by atoms with E-state index < -0.39 is 0 Å². The third kappa shape index (κ3) is 5.50. The summed E-state index contributed by atoms with van der Waals surface area (Å²) in [5, 5.41) is 11.1. The minimum atomic E-state index is 0.179. The monoisotopic (exact) mass is 353 g/mol. The van der Waals surface area contributed by atoms with Crippen molar-refractivity contribution in [1.82, 2.24) is 10.6 Å². The lowest BCUT2D eigenvalue weighted by Crippen LogP contribution is -2.39. The number of guanidine groups is 1. The number of nitrogens with zero attached hydrogens (tertiary/aromatic N) is 1. The lowest BCUT2D eigenvalue weighted by molar-refractivity contribution is 0.506. The molecule has 0 aliphatic rings. The molecule has 2 N–H and O–H groups in total. The second kappa shape index (κ2) is 9.08. The average molecular weight is 353 g/mol. The molecule has 25 heavy (non-hydrogen) atoms. The summed E-state index contributed by atoms with van der Waals surface area (Å²) in [6.07, 6.45) is 2.53. The molecule has 4 nitrogen and oxygen atoms in total. The van der Waals surface area contributed by atoms with Gasteiger partial charge in [-0.05, 0) is 47.0 Å². The van der Waals surface area contributed by atoms with Crippen molar-refractivity contribution >= 4 is 17.3 Å². The maximum absolute atomic E-state index is 5.39. The third-order valence-electron chi connectivity index (χ3n) is 3.90. The highest BCUT2D eigenvalue weighted by atomic mass is 32.1. The van der Waals surface area contributed by atoms with Crippen molar-refractivity contribution in [2.45, 2.75) is 25.9 Å². The Kier molecular flexibility index (Phi) is 6.29. The van der Waals surface area contributed by atoms with Crippen LogP contribution < -0.4 is 10.6 Å². The Bertz CT molecular complexity index is 752. The molecule has 1 aromatic carbocycles. The van der Waals surface area contributed by atoms with Crippen molar-refractivity contribution in [3.05, 3.63) is 82.4 Å². The first-order valence-corrected chi connectivity index (χ1v) is 9.39. The van der Waals surface area contributed by atoms with Gasteiger partial charge in [0.05, 0.1) is 18.8 Å². The first-order chi connectivity index (χ1) is 12.3. The summed E-state index contributed by atoms with van der Waals surface area (Å²) in [4.78, 5) is 4.72. The number of nitrogens with one attached hydrogen (secondary N) is 2. The number of hydrogen-bond donors (Lipinski definition) is 2. The Labute approximate surface area is 152 Å². The maximum atomic E-state index is 5.39. The van der Waals surface area contributed by atoms with Crippen molar-refractivity contribution in [3.63, 3.8) is 0 Å². The fraction of sp³-hybridized carbons (Fsp3) is 0.250. The third-order valence-corrected chi connectivity index (χ3v) is 4.63. The van der Waals surface area contributed by atoms with Gasteiger partial charge in [-0.3, -0.25) is 0 Å². The summed E-state index contributed by atoms with van der Waals surface area (Å²) in [6, 6.07) is 16.6. The van der Waals surface area contributed by atoms with E-state index in [1.54, 1.807) is 17.6 Å². The van der Waals surface area contributed by atoms with Gasteiger partial charge in [0.1, 0.15) is 5.76 Å². The van der Waals surface area contributed by atoms with Crippen LogP contribution in [0, 0.1) is 0 Å². The zero-order valence-electron chi connectivity index (χ0n) is 14.3. The molecule has 0 bridgehead atoms. The molecule has 2 heterocycles. The fourth-order valence-electron chi connectivity index (χ4n) is 2.49. The summed E-state index contributed by atoms with van der Waals surface area (Å²) < 4.78 is 5.39. The normalized spacial score (nSPS) is 12.8. The molecule has 0 spiro atoms. The molecule has 3 rings (SSSR count). The van der Waals surface area contributed by atoms with E-state index in [0.717, 1.165) is 24.7 Å². The van der Waals surface area contributed by atoms with Gasteiger partial charge >= 0.3 is 0 Å². The SMILES string of the molecule is CC(NC(=NCc1ccsc1)NCCc1ccco1)c1ccccc1. The van der Waals surface area contributed by atoms with Crippen molar-refractivity contribution in [2.24, 2.45) is 4.99 Å². The lowest BCUT2D eigenvalue weighted by atomic mass is 10.1. The van der Waals surface area contributed by atoms with E-state index in [-0.39, 0.29) is 6.04 Å². The van der Waals surface area contributed by atoms with Crippen LogP contribution in [0.2, 0.25) is 0 Å². The zero-order chi connectivity index (χ0) is 17.3. The minimum absolute atomic E-state index is 0.179. The smallest absolute Gasteiger partial charge is 0.192 e. The van der Waals surface area contributed by atoms with E-state index in [0.29, 0.717) is 6.54 Å². The van der Waals surface area contributed by atoms with E-state index in [9.17, 15) is 0 Å². The lowest BCUT2D eigenvalue weighted by Gasteiger charge is -2.18. The summed E-state index contributed by atoms with van der Waals surface area (Å²) in [5.41, 5.74) is 2.46. The van der Waals surface area contributed by atoms with Crippen molar-refractivity contribution in [2.75, 3.05) is 6.54 Å². The molecule has 0 saturated heterocycles. The molecule has 0 radical (unpaired) electrons. The van der Waals surface area contributed by atoms with Gasteiger partial charge in [0.2, 0.25) is 0 Å². The molecule has 0 fully saturated rings. The van der Waals surface area contributed by atoms with Gasteiger partial charge in [-0.25, -0.2) is 4.99 Å². The van der Waals surface area contributed by atoms with E-state index in [2.05, 4.69) is 58.6 Å². The molecule has 0 saturated carbocycles. The second-order valence-corrected chi connectivity index (χ2v) is 6.61. The molecule has 3 aromatic rings. The van der Waals surface area contributed by atoms with Crippen LogP contribution in [0.15, 0.2) is 75.0 Å². The highest BCUT2D eigenvalue weighted by molar-refractivity contribution is 7.07. The number of thiophene rings is 1. The van der Waals surface area contributed by atoms with Crippen LogP contribution in [0.4, 0.5) is 0 Å². The molecular weight excluding hydrogens is 330 g/mol. The standard InChI is InChI=1S/C20H23N3OS/c1-16(18-6-3-2-4-7-18)23-20(22-14-17-10-13-25-15-17)21-11-9-19-8-5-12-24-19/h2-8,10,12-13,15-16H,9,11,14H2,1H3,(H2,21,22,23). The van der Waals surface area contributed by atoms with Crippen molar-refractivity contribution in [1.29, 1.82) is 0 Å². The number of furan rings is 1. The quantitative estimate of drug-likeness (QED) is 0.489. The van der Waals surface area contributed by atoms with Crippen LogP contribution in [0.5, 0.6) is 0 Å². The van der Waals surface area contributed by atoms with Gasteiger partial charge in [-0.15, -0.1) is 0 Å². The van der Waals surface area contributed by atoms with E-state index in [1.807, 2.05) is 18.2 Å². The molecule has 130 valence electrons. The summed E-state index contributed by atoms with van der Waals surface area (Å²) in [5.74, 6) is 1.79. The predicted molar refractivity (Wildman–Crippen MR) is 104 cm³/mol. The molecule has 0 aliphatic carbocycles. The fourth-order valence-corrected chi connectivity index (χ4v) is 3.15. The van der Waals surface area contributed by atoms with Crippen LogP contribution in [-0.2, 0) is 13.0 Å². The number of hydrogen-bond acceptors (Lipinski definition) is 3. The topological polar surface area (TPSA) is 49.6 Å². The molecule has 0 amide bonds. The zero-order valence-corrected chi connectivity index (χ0v) is 15.1. The van der Waals surface area contributed by atoms with Gasteiger partial charge in [0.25, 0.3) is 0 Å². The van der Waals surface area contributed by atoms with Gasteiger partial charge < -0.3 is 15.1 Å². The van der Waals surface area contributed by atoms with Crippen molar-refractivity contribution in [3.8, 4) is 0 Å². The Hall–Kier alpha value is -2.53. The number of aliphatic imine (C=N–C) groups is 1. The van der Waals surface area contributed by atoms with E-state index >= 15 is 0 Å². The minimum Gasteiger partial charge on any atom is -0.469 e. The molecule has 5 heteroatoms. The van der Waals surface area contributed by atoms with Crippen LogP contribution >= 0.6 is 11.3 Å². The van der Waals surface area contributed by atoms with Crippen LogP contribution in [0.25, 0.3) is 0 Å². The highest BCUT2D eigenvalue weighted by Gasteiger charge is 2.08.